The van der Waals surface area contributed by atoms with E-state index in [0.29, 0.717) is 13.2 Å². The summed E-state index contributed by atoms with van der Waals surface area (Å²) in [5, 5.41) is 15.9. The number of β-amino-alcohol motifs (C(OH)–C–C–N with tert-alkyl or cyclic N) is 1. The number of para-hydroxylation sites is 1. The van der Waals surface area contributed by atoms with Gasteiger partial charge in [-0.05, 0) is 56.1 Å². The number of rotatable bonds is 6. The number of nitrogens with zero attached hydrogens (tertiary/aromatic N) is 3. The van der Waals surface area contributed by atoms with Crippen LogP contribution in [0.5, 0.6) is 5.75 Å². The van der Waals surface area contributed by atoms with E-state index in [-0.39, 0.29) is 0 Å². The molecule has 5 heteroatoms. The molecule has 1 aliphatic heterocycles. The molecular weight excluding hydrogens is 338 g/mol. The zero-order valence-corrected chi connectivity index (χ0v) is 15.8. The Morgan fingerprint density at radius 3 is 2.67 bits per heavy atom. The van der Waals surface area contributed by atoms with Crippen LogP contribution < -0.4 is 4.74 Å². The van der Waals surface area contributed by atoms with Gasteiger partial charge in [0.05, 0.1) is 22.8 Å². The van der Waals surface area contributed by atoms with Crippen molar-refractivity contribution >= 4 is 10.9 Å². The summed E-state index contributed by atoms with van der Waals surface area (Å²) in [7, 11) is 0. The van der Waals surface area contributed by atoms with Crippen molar-refractivity contribution in [3.8, 4) is 11.4 Å². The molecule has 3 aromatic rings. The summed E-state index contributed by atoms with van der Waals surface area (Å²) in [6, 6.07) is 16.0. The third-order valence-corrected chi connectivity index (χ3v) is 5.35. The van der Waals surface area contributed by atoms with Crippen molar-refractivity contribution in [2.24, 2.45) is 5.92 Å². The maximum absolute atomic E-state index is 10.4. The largest absolute Gasteiger partial charge is 0.490 e. The van der Waals surface area contributed by atoms with Crippen LogP contribution >= 0.6 is 0 Å². The Balaban J connectivity index is 1.43. The average molecular weight is 365 g/mol. The van der Waals surface area contributed by atoms with Crippen LogP contribution in [0.15, 0.2) is 54.7 Å². The van der Waals surface area contributed by atoms with Gasteiger partial charge in [0.1, 0.15) is 18.5 Å². The lowest BCUT2D eigenvalue weighted by Crippen LogP contribution is -2.40. The van der Waals surface area contributed by atoms with Gasteiger partial charge in [-0.2, -0.15) is 5.10 Å². The minimum absolute atomic E-state index is 0.293. The Morgan fingerprint density at radius 1 is 1.11 bits per heavy atom. The van der Waals surface area contributed by atoms with E-state index in [1.165, 1.54) is 12.8 Å². The molecule has 2 heterocycles. The second-order valence-electron chi connectivity index (χ2n) is 7.53. The first-order chi connectivity index (χ1) is 13.2. The molecule has 0 radical (unpaired) electrons. The summed E-state index contributed by atoms with van der Waals surface area (Å²) in [4.78, 5) is 2.34. The molecule has 1 fully saturated rings. The number of likely N-dealkylation sites (tertiary alicyclic amines) is 1. The average Bonchev–Trinajstić information content (AvgIpc) is 3.13. The third kappa shape index (κ3) is 4.15. The summed E-state index contributed by atoms with van der Waals surface area (Å²) < 4.78 is 7.87. The molecule has 2 aromatic carbocycles. The monoisotopic (exact) mass is 365 g/mol. The molecule has 0 amide bonds. The van der Waals surface area contributed by atoms with Crippen molar-refractivity contribution in [3.63, 3.8) is 0 Å². The summed E-state index contributed by atoms with van der Waals surface area (Å²) in [5.74, 6) is 1.56. The second-order valence-corrected chi connectivity index (χ2v) is 7.53. The number of hydrogen-bond acceptors (Lipinski definition) is 4. The first-order valence-corrected chi connectivity index (χ1v) is 9.76. The van der Waals surface area contributed by atoms with E-state index in [9.17, 15) is 5.11 Å². The molecule has 0 spiro atoms. The number of fused-ring (bicyclic) bond motifs is 1. The van der Waals surface area contributed by atoms with Gasteiger partial charge >= 0.3 is 0 Å². The third-order valence-electron chi connectivity index (χ3n) is 5.35. The highest BCUT2D eigenvalue weighted by Crippen LogP contribution is 2.27. The Bertz CT molecular complexity index is 870. The molecule has 4 rings (SSSR count). The first kappa shape index (κ1) is 18.0. The first-order valence-electron chi connectivity index (χ1n) is 9.76. The smallest absolute Gasteiger partial charge is 0.130 e. The van der Waals surface area contributed by atoms with Gasteiger partial charge in [-0.3, -0.25) is 0 Å². The van der Waals surface area contributed by atoms with Gasteiger partial charge in [-0.25, -0.2) is 4.68 Å². The van der Waals surface area contributed by atoms with Crippen molar-refractivity contribution in [2.75, 3.05) is 26.2 Å². The van der Waals surface area contributed by atoms with Crippen molar-refractivity contribution < 1.29 is 9.84 Å². The van der Waals surface area contributed by atoms with E-state index >= 15 is 0 Å². The molecule has 1 atom stereocenters. The highest BCUT2D eigenvalue weighted by Gasteiger charge is 2.19. The fourth-order valence-corrected chi connectivity index (χ4v) is 3.71. The summed E-state index contributed by atoms with van der Waals surface area (Å²) in [6.07, 6.45) is 3.77. The quantitative estimate of drug-likeness (QED) is 0.726. The van der Waals surface area contributed by atoms with Gasteiger partial charge in [-0.15, -0.1) is 0 Å². The van der Waals surface area contributed by atoms with Crippen LogP contribution in [0.25, 0.3) is 16.6 Å². The van der Waals surface area contributed by atoms with Gasteiger partial charge < -0.3 is 14.7 Å². The lowest BCUT2D eigenvalue weighted by molar-refractivity contribution is 0.0567. The maximum Gasteiger partial charge on any atom is 0.130 e. The lowest BCUT2D eigenvalue weighted by atomic mass is 9.99. The highest BCUT2D eigenvalue weighted by atomic mass is 16.5. The van der Waals surface area contributed by atoms with Crippen LogP contribution in [0.3, 0.4) is 0 Å². The fourth-order valence-electron chi connectivity index (χ4n) is 3.71. The number of hydrogen-bond donors (Lipinski definition) is 1. The standard InChI is InChI=1S/C22H27N3O2/c1-17-10-12-24(13-11-17)15-19(26)16-27-22-9-5-8-21-20(22)14-23-25(21)18-6-3-2-4-7-18/h2-9,14,17,19,26H,10-13,15-16H2,1H3. The van der Waals surface area contributed by atoms with Crippen molar-refractivity contribution in [1.82, 2.24) is 14.7 Å². The number of aromatic nitrogens is 2. The molecule has 0 saturated carbocycles. The van der Waals surface area contributed by atoms with E-state index in [4.69, 9.17) is 4.74 Å². The van der Waals surface area contributed by atoms with Gasteiger partial charge in [0.2, 0.25) is 0 Å². The second kappa shape index (κ2) is 8.11. The minimum atomic E-state index is -0.488. The van der Waals surface area contributed by atoms with E-state index in [2.05, 4.69) is 16.9 Å². The van der Waals surface area contributed by atoms with Crippen LogP contribution in [-0.4, -0.2) is 52.1 Å². The van der Waals surface area contributed by atoms with Gasteiger partial charge in [-0.1, -0.05) is 31.2 Å². The molecule has 1 saturated heterocycles. The fraction of sp³-hybridized carbons (Fsp3) is 0.409. The number of ether oxygens (including phenoxy) is 1. The summed E-state index contributed by atoms with van der Waals surface area (Å²) >= 11 is 0. The molecule has 1 aromatic heterocycles. The Hall–Kier alpha value is -2.37. The van der Waals surface area contributed by atoms with Gasteiger partial charge in [0, 0.05) is 6.54 Å². The molecule has 1 N–H and O–H groups in total. The van der Waals surface area contributed by atoms with E-state index < -0.39 is 6.10 Å². The molecule has 5 nitrogen and oxygen atoms in total. The molecule has 1 unspecified atom stereocenters. The Kier molecular flexibility index (Phi) is 5.41. The summed E-state index contributed by atoms with van der Waals surface area (Å²) in [6.45, 7) is 5.40. The predicted molar refractivity (Wildman–Crippen MR) is 107 cm³/mol. The molecule has 0 aliphatic carbocycles. The Morgan fingerprint density at radius 2 is 1.89 bits per heavy atom. The maximum atomic E-state index is 10.4. The summed E-state index contributed by atoms with van der Waals surface area (Å²) in [5.41, 5.74) is 2.02. The molecule has 142 valence electrons. The topological polar surface area (TPSA) is 50.5 Å². The van der Waals surface area contributed by atoms with Crippen molar-refractivity contribution in [1.29, 1.82) is 0 Å². The molecular formula is C22H27N3O2. The van der Waals surface area contributed by atoms with Crippen LogP contribution in [0.2, 0.25) is 0 Å². The zero-order valence-electron chi connectivity index (χ0n) is 15.8. The Labute approximate surface area is 160 Å². The molecule has 27 heavy (non-hydrogen) atoms. The SMILES string of the molecule is CC1CCN(CC(O)COc2cccc3c2cnn3-c2ccccc2)CC1. The van der Waals surface area contributed by atoms with Crippen molar-refractivity contribution in [3.05, 3.63) is 54.7 Å². The lowest BCUT2D eigenvalue weighted by Gasteiger charge is -2.31. The van der Waals surface area contributed by atoms with Crippen LogP contribution in [-0.2, 0) is 0 Å². The molecule has 1 aliphatic rings. The van der Waals surface area contributed by atoms with E-state index in [1.807, 2.05) is 59.4 Å². The number of aliphatic hydroxyl groups excluding tert-OH is 1. The van der Waals surface area contributed by atoms with Crippen LogP contribution in [0.1, 0.15) is 19.8 Å². The van der Waals surface area contributed by atoms with Gasteiger partial charge in [0.15, 0.2) is 0 Å². The number of aliphatic hydroxyl groups is 1. The van der Waals surface area contributed by atoms with Crippen LogP contribution in [0.4, 0.5) is 0 Å². The van der Waals surface area contributed by atoms with E-state index in [1.54, 1.807) is 0 Å². The van der Waals surface area contributed by atoms with E-state index in [0.717, 1.165) is 41.3 Å². The normalized spacial score (nSPS) is 17.3. The van der Waals surface area contributed by atoms with Gasteiger partial charge in [0.25, 0.3) is 0 Å². The number of benzene rings is 2. The minimum Gasteiger partial charge on any atom is -0.490 e. The van der Waals surface area contributed by atoms with Crippen molar-refractivity contribution in [2.45, 2.75) is 25.9 Å². The zero-order chi connectivity index (χ0) is 18.6. The molecule has 0 bridgehead atoms. The highest BCUT2D eigenvalue weighted by molar-refractivity contribution is 5.86. The predicted octanol–water partition coefficient (Wildman–Crippen LogP) is 3.50. The number of piperidine rings is 1. The van der Waals surface area contributed by atoms with Crippen LogP contribution in [0, 0.1) is 5.92 Å².